The summed E-state index contributed by atoms with van der Waals surface area (Å²) in [6.45, 7) is 5.94. The largest absolute Gasteiger partial charge is 0.354 e. The van der Waals surface area contributed by atoms with Crippen LogP contribution in [-0.4, -0.2) is 28.9 Å². The third-order valence-corrected chi connectivity index (χ3v) is 4.23. The summed E-state index contributed by atoms with van der Waals surface area (Å²) in [5.74, 6) is 0.619. The van der Waals surface area contributed by atoms with E-state index in [2.05, 4.69) is 36.3 Å². The van der Waals surface area contributed by atoms with Crippen LogP contribution in [0.15, 0.2) is 42.6 Å². The Kier molecular flexibility index (Phi) is 4.60. The molecule has 4 nitrogen and oxygen atoms in total. The Bertz CT molecular complexity index is 681. The van der Waals surface area contributed by atoms with Crippen LogP contribution in [0.3, 0.4) is 0 Å². The molecule has 1 aliphatic heterocycles. The van der Waals surface area contributed by atoms with Crippen LogP contribution in [0.4, 0.5) is 11.4 Å². The highest BCUT2D eigenvalue weighted by atomic mass is 16.2. The number of amides is 1. The average molecular weight is 309 g/mol. The van der Waals surface area contributed by atoms with Crippen LogP contribution in [0.1, 0.15) is 35.8 Å². The van der Waals surface area contributed by atoms with E-state index in [9.17, 15) is 4.79 Å². The van der Waals surface area contributed by atoms with Crippen molar-refractivity contribution in [1.29, 1.82) is 0 Å². The number of piperidine rings is 1. The van der Waals surface area contributed by atoms with Crippen LogP contribution in [0.2, 0.25) is 0 Å². The number of nitrogens with one attached hydrogen (secondary N) is 1. The number of pyridine rings is 1. The number of rotatable bonds is 3. The molecule has 0 spiro atoms. The maximum atomic E-state index is 12.5. The smallest absolute Gasteiger partial charge is 0.272 e. The third-order valence-electron chi connectivity index (χ3n) is 4.23. The predicted molar refractivity (Wildman–Crippen MR) is 93.0 cm³/mol. The summed E-state index contributed by atoms with van der Waals surface area (Å²) >= 11 is 0. The standard InChI is InChI=1S/C19H23N3O/c1-14-5-3-7-16(11-14)21-17-8-9-18(20-12-17)19(23)22-10-4-6-15(2)13-22/h3,5,7-9,11-12,15,21H,4,6,10,13H2,1-2H3. The minimum absolute atomic E-state index is 0.0404. The summed E-state index contributed by atoms with van der Waals surface area (Å²) in [6, 6.07) is 11.9. The van der Waals surface area contributed by atoms with Crippen molar-refractivity contribution >= 4 is 17.3 Å². The van der Waals surface area contributed by atoms with Gasteiger partial charge in [0, 0.05) is 18.8 Å². The molecule has 3 rings (SSSR count). The van der Waals surface area contributed by atoms with Crippen LogP contribution < -0.4 is 5.32 Å². The van der Waals surface area contributed by atoms with Gasteiger partial charge in [0.05, 0.1) is 11.9 Å². The number of carbonyl (C=O) groups excluding carboxylic acids is 1. The van der Waals surface area contributed by atoms with E-state index in [1.807, 2.05) is 23.1 Å². The normalized spacial score (nSPS) is 17.8. The quantitative estimate of drug-likeness (QED) is 0.932. The van der Waals surface area contributed by atoms with Crippen LogP contribution in [0.25, 0.3) is 0 Å². The minimum Gasteiger partial charge on any atom is -0.354 e. The van der Waals surface area contributed by atoms with Crippen molar-refractivity contribution < 1.29 is 4.79 Å². The van der Waals surface area contributed by atoms with E-state index in [1.54, 1.807) is 12.3 Å². The monoisotopic (exact) mass is 309 g/mol. The second-order valence-corrected chi connectivity index (χ2v) is 6.43. The second kappa shape index (κ2) is 6.82. The lowest BCUT2D eigenvalue weighted by Gasteiger charge is -2.30. The maximum Gasteiger partial charge on any atom is 0.272 e. The lowest BCUT2D eigenvalue weighted by molar-refractivity contribution is 0.0677. The van der Waals surface area contributed by atoms with E-state index < -0.39 is 0 Å². The molecule has 2 aromatic rings. The number of nitrogens with zero attached hydrogens (tertiary/aromatic N) is 2. The number of likely N-dealkylation sites (tertiary alicyclic amines) is 1. The van der Waals surface area contributed by atoms with E-state index in [0.717, 1.165) is 30.9 Å². The summed E-state index contributed by atoms with van der Waals surface area (Å²) < 4.78 is 0. The molecule has 0 radical (unpaired) electrons. The number of anilines is 2. The zero-order valence-corrected chi connectivity index (χ0v) is 13.7. The molecule has 1 fully saturated rings. The molecule has 0 aliphatic carbocycles. The summed E-state index contributed by atoms with van der Waals surface area (Å²) in [5.41, 5.74) is 3.64. The molecule has 23 heavy (non-hydrogen) atoms. The molecule has 1 aromatic heterocycles. The van der Waals surface area contributed by atoms with Crippen molar-refractivity contribution in [3.8, 4) is 0 Å². The molecule has 120 valence electrons. The Labute approximate surface area is 137 Å². The van der Waals surface area contributed by atoms with Crippen molar-refractivity contribution in [2.75, 3.05) is 18.4 Å². The second-order valence-electron chi connectivity index (χ2n) is 6.43. The molecular weight excluding hydrogens is 286 g/mol. The van der Waals surface area contributed by atoms with Gasteiger partial charge in [-0.3, -0.25) is 4.79 Å². The van der Waals surface area contributed by atoms with Crippen LogP contribution >= 0.6 is 0 Å². The molecule has 1 saturated heterocycles. The molecule has 1 amide bonds. The molecule has 1 aromatic carbocycles. The molecule has 0 bridgehead atoms. The Morgan fingerprint density at radius 1 is 1.26 bits per heavy atom. The van der Waals surface area contributed by atoms with Crippen molar-refractivity contribution in [3.63, 3.8) is 0 Å². The Morgan fingerprint density at radius 3 is 2.83 bits per heavy atom. The number of aryl methyl sites for hydroxylation is 1. The first-order valence-corrected chi connectivity index (χ1v) is 8.21. The first-order valence-electron chi connectivity index (χ1n) is 8.21. The van der Waals surface area contributed by atoms with Gasteiger partial charge in [0.2, 0.25) is 0 Å². The fourth-order valence-electron chi connectivity index (χ4n) is 3.02. The summed E-state index contributed by atoms with van der Waals surface area (Å²) in [6.07, 6.45) is 4.01. The fourth-order valence-corrected chi connectivity index (χ4v) is 3.02. The van der Waals surface area contributed by atoms with Crippen LogP contribution in [-0.2, 0) is 0 Å². The van der Waals surface area contributed by atoms with Crippen molar-refractivity contribution in [1.82, 2.24) is 9.88 Å². The Balaban J connectivity index is 1.68. The molecule has 1 N–H and O–H groups in total. The molecule has 1 aliphatic rings. The first kappa shape index (κ1) is 15.5. The third kappa shape index (κ3) is 3.89. The molecule has 0 saturated carbocycles. The highest BCUT2D eigenvalue weighted by Crippen LogP contribution is 2.19. The Hall–Kier alpha value is -2.36. The highest BCUT2D eigenvalue weighted by molar-refractivity contribution is 5.92. The van der Waals surface area contributed by atoms with Gasteiger partial charge in [-0.25, -0.2) is 4.98 Å². The van der Waals surface area contributed by atoms with Gasteiger partial charge < -0.3 is 10.2 Å². The van der Waals surface area contributed by atoms with Crippen molar-refractivity contribution in [2.45, 2.75) is 26.7 Å². The van der Waals surface area contributed by atoms with Gasteiger partial charge >= 0.3 is 0 Å². The predicted octanol–water partition coefficient (Wildman–Crippen LogP) is 4.01. The fraction of sp³-hybridized carbons (Fsp3) is 0.368. The minimum atomic E-state index is 0.0404. The maximum absolute atomic E-state index is 12.5. The zero-order chi connectivity index (χ0) is 16.2. The van der Waals surface area contributed by atoms with Gasteiger partial charge in [-0.1, -0.05) is 19.1 Å². The Morgan fingerprint density at radius 2 is 2.13 bits per heavy atom. The van der Waals surface area contributed by atoms with Gasteiger partial charge in [-0.2, -0.15) is 0 Å². The van der Waals surface area contributed by atoms with Crippen LogP contribution in [0.5, 0.6) is 0 Å². The molecule has 4 heteroatoms. The summed E-state index contributed by atoms with van der Waals surface area (Å²) in [4.78, 5) is 18.8. The number of hydrogen-bond acceptors (Lipinski definition) is 3. The zero-order valence-electron chi connectivity index (χ0n) is 13.7. The van der Waals surface area contributed by atoms with Crippen LogP contribution in [0, 0.1) is 12.8 Å². The number of aromatic nitrogens is 1. The topological polar surface area (TPSA) is 45.2 Å². The molecule has 2 heterocycles. The molecule has 1 unspecified atom stereocenters. The SMILES string of the molecule is Cc1cccc(Nc2ccc(C(=O)N3CCCC(C)C3)nc2)c1. The van der Waals surface area contributed by atoms with Gasteiger partial charge in [-0.15, -0.1) is 0 Å². The van der Waals surface area contributed by atoms with Crippen molar-refractivity contribution in [2.24, 2.45) is 5.92 Å². The highest BCUT2D eigenvalue weighted by Gasteiger charge is 2.22. The summed E-state index contributed by atoms with van der Waals surface area (Å²) in [5, 5.41) is 3.31. The van der Waals surface area contributed by atoms with Crippen molar-refractivity contribution in [3.05, 3.63) is 53.9 Å². The van der Waals surface area contributed by atoms with E-state index in [0.29, 0.717) is 11.6 Å². The number of benzene rings is 1. The van der Waals surface area contributed by atoms with Gasteiger partial charge in [0.1, 0.15) is 5.69 Å². The molecular formula is C19H23N3O. The van der Waals surface area contributed by atoms with E-state index in [-0.39, 0.29) is 5.91 Å². The number of hydrogen-bond donors (Lipinski definition) is 1. The van der Waals surface area contributed by atoms with E-state index in [4.69, 9.17) is 0 Å². The van der Waals surface area contributed by atoms with Gasteiger partial charge in [0.15, 0.2) is 0 Å². The van der Waals surface area contributed by atoms with Gasteiger partial charge in [0.25, 0.3) is 5.91 Å². The first-order chi connectivity index (χ1) is 11.1. The lowest BCUT2D eigenvalue weighted by atomic mass is 10.00. The van der Waals surface area contributed by atoms with E-state index >= 15 is 0 Å². The number of carbonyl (C=O) groups is 1. The lowest BCUT2D eigenvalue weighted by Crippen LogP contribution is -2.39. The average Bonchev–Trinajstić information content (AvgIpc) is 2.55. The van der Waals surface area contributed by atoms with E-state index in [1.165, 1.54) is 12.0 Å². The van der Waals surface area contributed by atoms with Gasteiger partial charge in [-0.05, 0) is 55.5 Å². The summed E-state index contributed by atoms with van der Waals surface area (Å²) in [7, 11) is 0. The molecule has 1 atom stereocenters.